The number of nitrogens with one attached hydrogen (secondary N) is 1. The number of carbonyl (C=O) groups excluding carboxylic acids is 2. The van der Waals surface area contributed by atoms with Gasteiger partial charge in [-0.25, -0.2) is 4.79 Å². The molecule has 0 spiro atoms. The van der Waals surface area contributed by atoms with Crippen LogP contribution in [-0.2, 0) is 16.0 Å². The van der Waals surface area contributed by atoms with Crippen LogP contribution in [0.4, 0.5) is 5.69 Å². The van der Waals surface area contributed by atoms with Crippen molar-refractivity contribution in [3.8, 4) is 0 Å². The molecule has 0 aliphatic heterocycles. The SMILES string of the molecule is COC(=O)c1ccc(NC(=O)CCCc2ccc(C)cc2)c(C)c1. The summed E-state index contributed by atoms with van der Waals surface area (Å²) in [5.74, 6) is -0.398. The van der Waals surface area contributed by atoms with Crippen LogP contribution in [0, 0.1) is 13.8 Å². The van der Waals surface area contributed by atoms with Crippen LogP contribution >= 0.6 is 0 Å². The molecule has 0 atom stereocenters. The Balaban J connectivity index is 1.85. The number of aryl methyl sites for hydroxylation is 3. The van der Waals surface area contributed by atoms with E-state index in [-0.39, 0.29) is 11.9 Å². The number of carbonyl (C=O) groups is 2. The van der Waals surface area contributed by atoms with Gasteiger partial charge in [-0.15, -0.1) is 0 Å². The summed E-state index contributed by atoms with van der Waals surface area (Å²) in [6.45, 7) is 3.92. The topological polar surface area (TPSA) is 55.4 Å². The highest BCUT2D eigenvalue weighted by molar-refractivity contribution is 5.94. The van der Waals surface area contributed by atoms with Gasteiger partial charge in [0.25, 0.3) is 0 Å². The number of hydrogen-bond acceptors (Lipinski definition) is 3. The first-order chi connectivity index (χ1) is 11.5. The van der Waals surface area contributed by atoms with Crippen LogP contribution in [-0.4, -0.2) is 19.0 Å². The molecule has 2 rings (SSSR count). The summed E-state index contributed by atoms with van der Waals surface area (Å²) >= 11 is 0. The number of ether oxygens (including phenoxy) is 1. The van der Waals surface area contributed by atoms with Crippen LogP contribution in [0.3, 0.4) is 0 Å². The zero-order valence-corrected chi connectivity index (χ0v) is 14.4. The summed E-state index contributed by atoms with van der Waals surface area (Å²) in [5, 5.41) is 2.90. The Morgan fingerprint density at radius 1 is 1.04 bits per heavy atom. The first kappa shape index (κ1) is 17.7. The van der Waals surface area contributed by atoms with Crippen molar-refractivity contribution in [2.45, 2.75) is 33.1 Å². The molecule has 126 valence electrons. The van der Waals surface area contributed by atoms with E-state index in [0.717, 1.165) is 24.1 Å². The average molecular weight is 325 g/mol. The maximum atomic E-state index is 12.1. The molecule has 2 aromatic carbocycles. The average Bonchev–Trinajstić information content (AvgIpc) is 2.57. The van der Waals surface area contributed by atoms with E-state index < -0.39 is 0 Å². The normalized spacial score (nSPS) is 10.3. The van der Waals surface area contributed by atoms with Crippen LogP contribution < -0.4 is 5.32 Å². The fourth-order valence-corrected chi connectivity index (χ4v) is 2.47. The van der Waals surface area contributed by atoms with Crippen molar-refractivity contribution in [3.05, 3.63) is 64.7 Å². The Kier molecular flexibility index (Phi) is 6.13. The second-order valence-corrected chi connectivity index (χ2v) is 5.91. The molecule has 1 N–H and O–H groups in total. The minimum absolute atomic E-state index is 0.0176. The lowest BCUT2D eigenvalue weighted by molar-refractivity contribution is -0.116. The molecule has 0 bridgehead atoms. The molecule has 0 aliphatic rings. The maximum Gasteiger partial charge on any atom is 0.337 e. The fraction of sp³-hybridized carbons (Fsp3) is 0.300. The Morgan fingerprint density at radius 2 is 1.75 bits per heavy atom. The molecule has 0 heterocycles. The molecular weight excluding hydrogens is 302 g/mol. The molecule has 0 aliphatic carbocycles. The highest BCUT2D eigenvalue weighted by Crippen LogP contribution is 2.18. The van der Waals surface area contributed by atoms with E-state index in [1.807, 2.05) is 6.92 Å². The predicted molar refractivity (Wildman–Crippen MR) is 95.3 cm³/mol. The highest BCUT2D eigenvalue weighted by atomic mass is 16.5. The number of methoxy groups -OCH3 is 1. The van der Waals surface area contributed by atoms with E-state index in [4.69, 9.17) is 0 Å². The highest BCUT2D eigenvalue weighted by Gasteiger charge is 2.09. The van der Waals surface area contributed by atoms with E-state index >= 15 is 0 Å². The largest absolute Gasteiger partial charge is 0.465 e. The van der Waals surface area contributed by atoms with Crippen LogP contribution in [0.1, 0.15) is 39.9 Å². The summed E-state index contributed by atoms with van der Waals surface area (Å²) in [6, 6.07) is 13.5. The van der Waals surface area contributed by atoms with Crippen molar-refractivity contribution in [2.75, 3.05) is 12.4 Å². The second kappa shape index (κ2) is 8.29. The molecule has 24 heavy (non-hydrogen) atoms. The number of amides is 1. The summed E-state index contributed by atoms with van der Waals surface area (Å²) < 4.78 is 4.69. The zero-order valence-electron chi connectivity index (χ0n) is 14.4. The Bertz CT molecular complexity index is 720. The molecule has 4 heteroatoms. The van der Waals surface area contributed by atoms with E-state index in [0.29, 0.717) is 12.0 Å². The van der Waals surface area contributed by atoms with E-state index in [2.05, 4.69) is 41.2 Å². The van der Waals surface area contributed by atoms with Crippen LogP contribution in [0.25, 0.3) is 0 Å². The molecule has 0 unspecified atom stereocenters. The zero-order chi connectivity index (χ0) is 17.5. The van der Waals surface area contributed by atoms with E-state index in [1.165, 1.54) is 18.2 Å². The third-order valence-corrected chi connectivity index (χ3v) is 3.91. The van der Waals surface area contributed by atoms with Crippen molar-refractivity contribution in [3.63, 3.8) is 0 Å². The minimum Gasteiger partial charge on any atom is -0.465 e. The lowest BCUT2D eigenvalue weighted by Gasteiger charge is -2.10. The number of anilines is 1. The lowest BCUT2D eigenvalue weighted by Crippen LogP contribution is -2.13. The molecule has 2 aromatic rings. The van der Waals surface area contributed by atoms with Gasteiger partial charge in [-0.1, -0.05) is 29.8 Å². The number of esters is 1. The molecule has 4 nitrogen and oxygen atoms in total. The van der Waals surface area contributed by atoms with Gasteiger partial charge < -0.3 is 10.1 Å². The minimum atomic E-state index is -0.380. The van der Waals surface area contributed by atoms with Crippen molar-refractivity contribution in [1.29, 1.82) is 0 Å². The van der Waals surface area contributed by atoms with Gasteiger partial charge in [0, 0.05) is 12.1 Å². The van der Waals surface area contributed by atoms with Crippen molar-refractivity contribution >= 4 is 17.6 Å². The van der Waals surface area contributed by atoms with Gasteiger partial charge in [-0.05, 0) is 56.0 Å². The predicted octanol–water partition coefficient (Wildman–Crippen LogP) is 4.05. The van der Waals surface area contributed by atoms with Crippen LogP contribution in [0.15, 0.2) is 42.5 Å². The Morgan fingerprint density at radius 3 is 2.38 bits per heavy atom. The van der Waals surface area contributed by atoms with Crippen LogP contribution in [0.5, 0.6) is 0 Å². The molecular formula is C20H23NO3. The first-order valence-corrected chi connectivity index (χ1v) is 8.04. The van der Waals surface area contributed by atoms with E-state index in [1.54, 1.807) is 18.2 Å². The standard InChI is InChI=1S/C20H23NO3/c1-14-7-9-16(10-8-14)5-4-6-19(22)21-18-12-11-17(13-15(18)2)20(23)24-3/h7-13H,4-6H2,1-3H3,(H,21,22). The summed E-state index contributed by atoms with van der Waals surface area (Å²) in [5.41, 5.74) is 4.52. The third-order valence-electron chi connectivity index (χ3n) is 3.91. The monoisotopic (exact) mass is 325 g/mol. The Hall–Kier alpha value is -2.62. The summed E-state index contributed by atoms with van der Waals surface area (Å²) in [6.07, 6.45) is 2.15. The van der Waals surface area contributed by atoms with Crippen molar-refractivity contribution < 1.29 is 14.3 Å². The van der Waals surface area contributed by atoms with Gasteiger partial charge in [-0.2, -0.15) is 0 Å². The number of rotatable bonds is 6. The van der Waals surface area contributed by atoms with Crippen LogP contribution in [0.2, 0.25) is 0 Å². The van der Waals surface area contributed by atoms with Gasteiger partial charge in [0.2, 0.25) is 5.91 Å². The summed E-state index contributed by atoms with van der Waals surface area (Å²) in [4.78, 5) is 23.6. The van der Waals surface area contributed by atoms with Crippen molar-refractivity contribution in [1.82, 2.24) is 0 Å². The van der Waals surface area contributed by atoms with Gasteiger partial charge in [0.15, 0.2) is 0 Å². The quantitative estimate of drug-likeness (QED) is 0.815. The van der Waals surface area contributed by atoms with Gasteiger partial charge in [0.1, 0.15) is 0 Å². The van der Waals surface area contributed by atoms with Gasteiger partial charge in [-0.3, -0.25) is 4.79 Å². The first-order valence-electron chi connectivity index (χ1n) is 8.04. The molecule has 0 radical (unpaired) electrons. The second-order valence-electron chi connectivity index (χ2n) is 5.91. The Labute approximate surface area is 142 Å². The smallest absolute Gasteiger partial charge is 0.337 e. The molecule has 1 amide bonds. The maximum absolute atomic E-state index is 12.1. The van der Waals surface area contributed by atoms with E-state index in [9.17, 15) is 9.59 Å². The molecule has 0 saturated heterocycles. The molecule has 0 aromatic heterocycles. The lowest BCUT2D eigenvalue weighted by atomic mass is 10.1. The fourth-order valence-electron chi connectivity index (χ4n) is 2.47. The van der Waals surface area contributed by atoms with Gasteiger partial charge >= 0.3 is 5.97 Å². The third kappa shape index (κ3) is 4.95. The number of benzene rings is 2. The molecule has 0 fully saturated rings. The molecule has 0 saturated carbocycles. The van der Waals surface area contributed by atoms with Crippen molar-refractivity contribution in [2.24, 2.45) is 0 Å². The van der Waals surface area contributed by atoms with Gasteiger partial charge in [0.05, 0.1) is 12.7 Å². The summed E-state index contributed by atoms with van der Waals surface area (Å²) in [7, 11) is 1.35. The number of hydrogen-bond donors (Lipinski definition) is 1.